The van der Waals surface area contributed by atoms with E-state index in [1.54, 1.807) is 7.11 Å². The molecule has 0 aromatic heterocycles. The summed E-state index contributed by atoms with van der Waals surface area (Å²) < 4.78 is 5.22. The maximum atomic E-state index is 12.0. The summed E-state index contributed by atoms with van der Waals surface area (Å²) in [6, 6.07) is 8.24. The van der Waals surface area contributed by atoms with E-state index in [0.29, 0.717) is 25.8 Å². The Balaban J connectivity index is 1.25. The number of terminal acetylenes is 1. The lowest BCUT2D eigenvalue weighted by atomic mass is 10.0. The number of carbonyl (C=O) groups excluding carboxylic acids is 1. The average Bonchev–Trinajstić information content (AvgIpc) is 3.54. The number of nitrogens with one attached hydrogen (secondary N) is 1. The van der Waals surface area contributed by atoms with Gasteiger partial charge in [-0.25, -0.2) is 0 Å². The normalized spacial score (nSPS) is 17.6. The first-order valence-electron chi connectivity index (χ1n) is 10.4. The molecule has 1 amide bonds. The number of methoxy groups -OCH3 is 1. The SMILES string of the molecule is C#CCCC1(CCC(=O)NCCCN2CCN(c3ccc(OC)cc3)CC2)N=N1. The van der Waals surface area contributed by atoms with Crippen LogP contribution in [0.25, 0.3) is 0 Å². The molecule has 1 N–H and O–H groups in total. The van der Waals surface area contributed by atoms with Gasteiger partial charge in [0.15, 0.2) is 5.66 Å². The molecule has 1 fully saturated rings. The minimum atomic E-state index is -0.368. The molecule has 2 aliphatic rings. The molecule has 1 saturated heterocycles. The van der Waals surface area contributed by atoms with Crippen LogP contribution in [-0.4, -0.2) is 62.8 Å². The lowest BCUT2D eigenvalue weighted by Gasteiger charge is -2.36. The van der Waals surface area contributed by atoms with Crippen LogP contribution in [0.1, 0.15) is 32.1 Å². The first-order chi connectivity index (χ1) is 14.1. The Morgan fingerprint density at radius 3 is 2.55 bits per heavy atom. The number of rotatable bonds is 11. The second kappa shape index (κ2) is 10.3. The van der Waals surface area contributed by atoms with E-state index < -0.39 is 0 Å². The minimum absolute atomic E-state index is 0.0757. The minimum Gasteiger partial charge on any atom is -0.497 e. The standard InChI is InChI=1S/C22H31N5O2/c1-3-4-11-22(24-25-22)12-10-21(28)23-13-5-14-26-15-17-27(18-16-26)19-6-8-20(29-2)9-7-19/h1,6-9H,4-5,10-18H2,2H3,(H,23,28). The van der Waals surface area contributed by atoms with Crippen molar-refractivity contribution in [3.05, 3.63) is 24.3 Å². The van der Waals surface area contributed by atoms with E-state index in [2.05, 4.69) is 43.4 Å². The summed E-state index contributed by atoms with van der Waals surface area (Å²) in [7, 11) is 1.69. The van der Waals surface area contributed by atoms with Crippen LogP contribution in [0.3, 0.4) is 0 Å². The summed E-state index contributed by atoms with van der Waals surface area (Å²) in [5, 5.41) is 11.2. The van der Waals surface area contributed by atoms with Crippen LogP contribution in [0.15, 0.2) is 34.5 Å². The number of hydrogen-bond donors (Lipinski definition) is 1. The van der Waals surface area contributed by atoms with E-state index in [0.717, 1.165) is 51.3 Å². The van der Waals surface area contributed by atoms with E-state index in [4.69, 9.17) is 11.2 Å². The van der Waals surface area contributed by atoms with Crippen LogP contribution >= 0.6 is 0 Å². The number of nitrogens with zero attached hydrogens (tertiary/aromatic N) is 4. The molecule has 7 heteroatoms. The quantitative estimate of drug-likeness (QED) is 0.460. The monoisotopic (exact) mass is 397 g/mol. The Bertz CT molecular complexity index is 727. The molecule has 156 valence electrons. The number of carbonyl (C=O) groups is 1. The Morgan fingerprint density at radius 2 is 1.93 bits per heavy atom. The second-order valence-corrected chi connectivity index (χ2v) is 7.62. The Morgan fingerprint density at radius 1 is 1.21 bits per heavy atom. The molecule has 0 unspecified atom stereocenters. The predicted molar refractivity (Wildman–Crippen MR) is 114 cm³/mol. The lowest BCUT2D eigenvalue weighted by Crippen LogP contribution is -2.47. The molecule has 2 heterocycles. The van der Waals surface area contributed by atoms with Crippen LogP contribution in [-0.2, 0) is 4.79 Å². The summed E-state index contributed by atoms with van der Waals surface area (Å²) in [6.45, 7) is 5.84. The Kier molecular flexibility index (Phi) is 7.48. The van der Waals surface area contributed by atoms with Crippen LogP contribution in [0.4, 0.5) is 5.69 Å². The van der Waals surface area contributed by atoms with Crippen LogP contribution in [0, 0.1) is 12.3 Å². The van der Waals surface area contributed by atoms with Crippen molar-refractivity contribution in [2.45, 2.75) is 37.8 Å². The fraction of sp³-hybridized carbons (Fsp3) is 0.591. The number of piperazine rings is 1. The van der Waals surface area contributed by atoms with Gasteiger partial charge in [-0.1, -0.05) is 0 Å². The highest BCUT2D eigenvalue weighted by Crippen LogP contribution is 2.37. The maximum absolute atomic E-state index is 12.0. The molecular weight excluding hydrogens is 366 g/mol. The smallest absolute Gasteiger partial charge is 0.220 e. The van der Waals surface area contributed by atoms with Gasteiger partial charge in [0.1, 0.15) is 5.75 Å². The van der Waals surface area contributed by atoms with Gasteiger partial charge in [0.25, 0.3) is 0 Å². The van der Waals surface area contributed by atoms with Crippen molar-refractivity contribution in [2.24, 2.45) is 10.2 Å². The average molecular weight is 398 g/mol. The Labute approximate surface area is 173 Å². The van der Waals surface area contributed by atoms with Crippen molar-refractivity contribution >= 4 is 11.6 Å². The summed E-state index contributed by atoms with van der Waals surface area (Å²) in [5.41, 5.74) is 0.875. The van der Waals surface area contributed by atoms with Crippen LogP contribution in [0.5, 0.6) is 5.75 Å². The lowest BCUT2D eigenvalue weighted by molar-refractivity contribution is -0.121. The Hall–Kier alpha value is -2.59. The fourth-order valence-electron chi connectivity index (χ4n) is 3.62. The highest BCUT2D eigenvalue weighted by Gasteiger charge is 2.39. The highest BCUT2D eigenvalue weighted by molar-refractivity contribution is 5.75. The van der Waals surface area contributed by atoms with Gasteiger partial charge in [-0.15, -0.1) is 12.3 Å². The van der Waals surface area contributed by atoms with E-state index in [1.807, 2.05) is 12.1 Å². The molecule has 1 aromatic carbocycles. The zero-order chi connectivity index (χ0) is 20.5. The number of benzene rings is 1. The zero-order valence-electron chi connectivity index (χ0n) is 17.3. The largest absolute Gasteiger partial charge is 0.497 e. The van der Waals surface area contributed by atoms with Crippen molar-refractivity contribution in [1.82, 2.24) is 10.2 Å². The zero-order valence-corrected chi connectivity index (χ0v) is 17.3. The summed E-state index contributed by atoms with van der Waals surface area (Å²) in [4.78, 5) is 16.9. The first-order valence-corrected chi connectivity index (χ1v) is 10.4. The van der Waals surface area contributed by atoms with Crippen molar-refractivity contribution in [1.29, 1.82) is 0 Å². The predicted octanol–water partition coefficient (Wildman–Crippen LogP) is 2.68. The van der Waals surface area contributed by atoms with Crippen molar-refractivity contribution in [2.75, 3.05) is 51.3 Å². The van der Waals surface area contributed by atoms with E-state index in [9.17, 15) is 4.79 Å². The molecule has 0 saturated carbocycles. The number of hydrogen-bond acceptors (Lipinski definition) is 6. The van der Waals surface area contributed by atoms with Gasteiger partial charge in [-0.05, 0) is 37.2 Å². The number of anilines is 1. The van der Waals surface area contributed by atoms with Gasteiger partial charge >= 0.3 is 0 Å². The van der Waals surface area contributed by atoms with Gasteiger partial charge in [0.2, 0.25) is 5.91 Å². The fourth-order valence-corrected chi connectivity index (χ4v) is 3.62. The number of ether oxygens (including phenoxy) is 1. The molecule has 0 aliphatic carbocycles. The van der Waals surface area contributed by atoms with Crippen molar-refractivity contribution in [3.8, 4) is 18.1 Å². The van der Waals surface area contributed by atoms with Gasteiger partial charge in [0.05, 0.1) is 7.11 Å². The molecule has 3 rings (SSSR count). The van der Waals surface area contributed by atoms with E-state index >= 15 is 0 Å². The van der Waals surface area contributed by atoms with Crippen molar-refractivity contribution < 1.29 is 9.53 Å². The van der Waals surface area contributed by atoms with Crippen LogP contribution in [0.2, 0.25) is 0 Å². The molecule has 0 bridgehead atoms. The van der Waals surface area contributed by atoms with Gasteiger partial charge in [-0.3, -0.25) is 9.69 Å². The van der Waals surface area contributed by atoms with Crippen LogP contribution < -0.4 is 15.0 Å². The molecule has 7 nitrogen and oxygen atoms in total. The molecular formula is C22H31N5O2. The third kappa shape index (κ3) is 6.47. The molecule has 0 atom stereocenters. The van der Waals surface area contributed by atoms with Gasteiger partial charge in [0, 0.05) is 64.1 Å². The summed E-state index contributed by atoms with van der Waals surface area (Å²) in [6.07, 6.45) is 8.77. The van der Waals surface area contributed by atoms with E-state index in [-0.39, 0.29) is 11.6 Å². The molecule has 0 spiro atoms. The van der Waals surface area contributed by atoms with E-state index in [1.165, 1.54) is 5.69 Å². The van der Waals surface area contributed by atoms with Crippen molar-refractivity contribution in [3.63, 3.8) is 0 Å². The molecule has 2 aliphatic heterocycles. The highest BCUT2D eigenvalue weighted by atomic mass is 16.5. The molecule has 29 heavy (non-hydrogen) atoms. The molecule has 0 radical (unpaired) electrons. The summed E-state index contributed by atoms with van der Waals surface area (Å²) >= 11 is 0. The second-order valence-electron chi connectivity index (χ2n) is 7.62. The third-order valence-corrected chi connectivity index (χ3v) is 5.59. The van der Waals surface area contributed by atoms with Gasteiger partial charge < -0.3 is 15.0 Å². The topological polar surface area (TPSA) is 69.5 Å². The summed E-state index contributed by atoms with van der Waals surface area (Å²) in [5.74, 6) is 3.57. The maximum Gasteiger partial charge on any atom is 0.220 e. The third-order valence-electron chi connectivity index (χ3n) is 5.59. The first kappa shape index (κ1) is 21.1. The van der Waals surface area contributed by atoms with Gasteiger partial charge in [-0.2, -0.15) is 10.2 Å². The number of amides is 1. The molecule has 1 aromatic rings.